The summed E-state index contributed by atoms with van der Waals surface area (Å²) in [5.74, 6) is 1.11. The topological polar surface area (TPSA) is 47.6 Å². The van der Waals surface area contributed by atoms with E-state index in [1.807, 2.05) is 0 Å². The van der Waals surface area contributed by atoms with Gasteiger partial charge in [0.2, 0.25) is 0 Å². The van der Waals surface area contributed by atoms with E-state index in [0.717, 1.165) is 31.9 Å². The fourth-order valence-electron chi connectivity index (χ4n) is 1.36. The fraction of sp³-hybridized carbons (Fsp3) is 0.900. The quantitative estimate of drug-likeness (QED) is 0.523. The maximum atomic E-state index is 5.84. The third kappa shape index (κ3) is 2.99. The standard InChI is InChI=1S/C10H20N2O/c1-8(2)9(11)12-10(3)4-6-13-7-5-10/h8H,4-7H2,1-3H3,(H2,11,12). The summed E-state index contributed by atoms with van der Waals surface area (Å²) >= 11 is 0. The van der Waals surface area contributed by atoms with Gasteiger partial charge in [0.1, 0.15) is 0 Å². The molecule has 1 aliphatic rings. The Labute approximate surface area is 80.4 Å². The van der Waals surface area contributed by atoms with E-state index in [4.69, 9.17) is 10.5 Å². The Hall–Kier alpha value is -0.570. The van der Waals surface area contributed by atoms with E-state index < -0.39 is 0 Å². The van der Waals surface area contributed by atoms with Gasteiger partial charge in [-0.15, -0.1) is 0 Å². The van der Waals surface area contributed by atoms with Crippen LogP contribution in [0.25, 0.3) is 0 Å². The van der Waals surface area contributed by atoms with E-state index in [1.54, 1.807) is 0 Å². The van der Waals surface area contributed by atoms with Gasteiger partial charge in [-0.05, 0) is 19.8 Å². The summed E-state index contributed by atoms with van der Waals surface area (Å²) in [6.45, 7) is 7.92. The molecule has 0 aromatic heterocycles. The second-order valence-corrected chi connectivity index (χ2v) is 4.30. The molecule has 3 nitrogen and oxygen atoms in total. The first-order chi connectivity index (χ1) is 6.03. The molecule has 0 saturated carbocycles. The number of aliphatic imine (C=N–C) groups is 1. The third-order valence-corrected chi connectivity index (χ3v) is 2.56. The molecule has 1 heterocycles. The van der Waals surface area contributed by atoms with Crippen LogP contribution >= 0.6 is 0 Å². The highest BCUT2D eigenvalue weighted by Crippen LogP contribution is 2.24. The van der Waals surface area contributed by atoms with Crippen molar-refractivity contribution in [1.82, 2.24) is 0 Å². The highest BCUT2D eigenvalue weighted by Gasteiger charge is 2.26. The maximum absolute atomic E-state index is 5.84. The minimum Gasteiger partial charge on any atom is -0.387 e. The van der Waals surface area contributed by atoms with Crippen molar-refractivity contribution in [3.05, 3.63) is 0 Å². The maximum Gasteiger partial charge on any atom is 0.0969 e. The molecule has 1 rings (SSSR count). The SMILES string of the molecule is CC(C)C(N)=NC1(C)CCOCC1. The molecule has 13 heavy (non-hydrogen) atoms. The summed E-state index contributed by atoms with van der Waals surface area (Å²) < 4.78 is 5.30. The largest absolute Gasteiger partial charge is 0.387 e. The van der Waals surface area contributed by atoms with Gasteiger partial charge in [-0.25, -0.2) is 0 Å². The van der Waals surface area contributed by atoms with Crippen molar-refractivity contribution in [2.75, 3.05) is 13.2 Å². The van der Waals surface area contributed by atoms with Crippen molar-refractivity contribution in [3.63, 3.8) is 0 Å². The average Bonchev–Trinajstić information content (AvgIpc) is 2.04. The first-order valence-electron chi connectivity index (χ1n) is 4.96. The molecule has 1 aliphatic heterocycles. The number of rotatable bonds is 2. The first-order valence-corrected chi connectivity index (χ1v) is 4.96. The van der Waals surface area contributed by atoms with Gasteiger partial charge in [-0.2, -0.15) is 0 Å². The van der Waals surface area contributed by atoms with Crippen LogP contribution < -0.4 is 5.73 Å². The summed E-state index contributed by atoms with van der Waals surface area (Å²) in [5.41, 5.74) is 5.86. The Kier molecular flexibility index (Phi) is 3.31. The van der Waals surface area contributed by atoms with Crippen molar-refractivity contribution >= 4 is 5.84 Å². The predicted octanol–water partition coefficient (Wildman–Crippen LogP) is 1.57. The Bertz CT molecular complexity index is 193. The lowest BCUT2D eigenvalue weighted by atomic mass is 9.93. The predicted molar refractivity (Wildman–Crippen MR) is 54.9 cm³/mol. The molecule has 3 heteroatoms. The number of nitrogens with two attached hydrogens (primary N) is 1. The molecule has 0 atom stereocenters. The normalized spacial score (nSPS) is 23.5. The summed E-state index contributed by atoms with van der Waals surface area (Å²) in [5, 5.41) is 0. The van der Waals surface area contributed by atoms with Crippen LogP contribution in [0.2, 0.25) is 0 Å². The molecule has 0 unspecified atom stereocenters. The zero-order valence-electron chi connectivity index (χ0n) is 8.84. The molecule has 1 fully saturated rings. The summed E-state index contributed by atoms with van der Waals surface area (Å²) in [7, 11) is 0. The third-order valence-electron chi connectivity index (χ3n) is 2.56. The summed E-state index contributed by atoms with van der Waals surface area (Å²) in [6, 6.07) is 0. The van der Waals surface area contributed by atoms with Gasteiger partial charge in [0.25, 0.3) is 0 Å². The fourth-order valence-corrected chi connectivity index (χ4v) is 1.36. The van der Waals surface area contributed by atoms with Crippen LogP contribution in [0.15, 0.2) is 4.99 Å². The number of nitrogens with zero attached hydrogens (tertiary/aromatic N) is 1. The zero-order valence-corrected chi connectivity index (χ0v) is 8.84. The highest BCUT2D eigenvalue weighted by molar-refractivity contribution is 5.82. The van der Waals surface area contributed by atoms with Gasteiger partial charge < -0.3 is 10.5 Å². The Morgan fingerprint density at radius 3 is 2.38 bits per heavy atom. The van der Waals surface area contributed by atoms with Crippen LogP contribution in [0, 0.1) is 5.92 Å². The van der Waals surface area contributed by atoms with Crippen molar-refractivity contribution < 1.29 is 4.74 Å². The molecule has 0 radical (unpaired) electrons. The molecular formula is C10H20N2O. The summed E-state index contributed by atoms with van der Waals surface area (Å²) in [4.78, 5) is 4.58. The molecule has 76 valence electrons. The molecule has 0 aromatic rings. The Balaban J connectivity index is 2.63. The van der Waals surface area contributed by atoms with Gasteiger partial charge in [0, 0.05) is 19.1 Å². The molecule has 0 spiro atoms. The molecule has 1 saturated heterocycles. The van der Waals surface area contributed by atoms with Gasteiger partial charge in [0.15, 0.2) is 0 Å². The van der Waals surface area contributed by atoms with E-state index in [9.17, 15) is 0 Å². The van der Waals surface area contributed by atoms with Crippen LogP contribution in [0.1, 0.15) is 33.6 Å². The Morgan fingerprint density at radius 2 is 1.92 bits per heavy atom. The minimum absolute atomic E-state index is 0.0204. The number of hydrogen-bond acceptors (Lipinski definition) is 2. The van der Waals surface area contributed by atoms with Crippen LogP contribution in [0.5, 0.6) is 0 Å². The first kappa shape index (κ1) is 10.5. The van der Waals surface area contributed by atoms with E-state index in [2.05, 4.69) is 25.8 Å². The van der Waals surface area contributed by atoms with Crippen molar-refractivity contribution in [1.29, 1.82) is 0 Å². The second-order valence-electron chi connectivity index (χ2n) is 4.30. The van der Waals surface area contributed by atoms with Crippen molar-refractivity contribution in [2.24, 2.45) is 16.6 Å². The molecule has 0 amide bonds. The molecule has 0 aromatic carbocycles. The molecule has 0 bridgehead atoms. The average molecular weight is 184 g/mol. The highest BCUT2D eigenvalue weighted by atomic mass is 16.5. The van der Waals surface area contributed by atoms with E-state index in [1.165, 1.54) is 0 Å². The van der Waals surface area contributed by atoms with Crippen molar-refractivity contribution in [2.45, 2.75) is 39.2 Å². The molecular weight excluding hydrogens is 164 g/mol. The van der Waals surface area contributed by atoms with E-state index in [-0.39, 0.29) is 5.54 Å². The van der Waals surface area contributed by atoms with Gasteiger partial charge >= 0.3 is 0 Å². The monoisotopic (exact) mass is 184 g/mol. The lowest BCUT2D eigenvalue weighted by Crippen LogP contribution is -2.34. The summed E-state index contributed by atoms with van der Waals surface area (Å²) in [6.07, 6.45) is 1.97. The zero-order chi connectivity index (χ0) is 9.90. The lowest BCUT2D eigenvalue weighted by molar-refractivity contribution is 0.0600. The Morgan fingerprint density at radius 1 is 1.38 bits per heavy atom. The van der Waals surface area contributed by atoms with Crippen LogP contribution in [0.4, 0.5) is 0 Å². The second kappa shape index (κ2) is 4.09. The van der Waals surface area contributed by atoms with Gasteiger partial charge in [0.05, 0.1) is 11.4 Å². The van der Waals surface area contributed by atoms with Crippen molar-refractivity contribution in [3.8, 4) is 0 Å². The minimum atomic E-state index is 0.0204. The number of ether oxygens (including phenoxy) is 1. The smallest absolute Gasteiger partial charge is 0.0969 e. The van der Waals surface area contributed by atoms with Gasteiger partial charge in [-0.1, -0.05) is 13.8 Å². The van der Waals surface area contributed by atoms with E-state index >= 15 is 0 Å². The number of hydrogen-bond donors (Lipinski definition) is 1. The number of amidine groups is 1. The lowest BCUT2D eigenvalue weighted by Gasteiger charge is -2.30. The molecule has 2 N–H and O–H groups in total. The molecule has 0 aliphatic carbocycles. The van der Waals surface area contributed by atoms with Crippen LogP contribution in [0.3, 0.4) is 0 Å². The van der Waals surface area contributed by atoms with Crippen LogP contribution in [-0.2, 0) is 4.74 Å². The van der Waals surface area contributed by atoms with E-state index in [0.29, 0.717) is 5.92 Å². The van der Waals surface area contributed by atoms with Gasteiger partial charge in [-0.3, -0.25) is 4.99 Å². The van der Waals surface area contributed by atoms with Crippen LogP contribution in [-0.4, -0.2) is 24.6 Å².